The Morgan fingerprint density at radius 2 is 0.613 bits per heavy atom. The highest BCUT2D eigenvalue weighted by molar-refractivity contribution is 5.70. The van der Waals surface area contributed by atoms with Crippen LogP contribution < -0.4 is 5.11 Å². The number of quaternary nitrogens is 1. The zero-order valence-electron chi connectivity index (χ0n) is 61.9. The molecule has 0 aliphatic heterocycles. The van der Waals surface area contributed by atoms with Crippen molar-refractivity contribution in [1.82, 2.24) is 0 Å². The molecule has 0 aromatic rings. The molecule has 0 fully saturated rings. The van der Waals surface area contributed by atoms with Crippen molar-refractivity contribution in [1.29, 1.82) is 0 Å². The van der Waals surface area contributed by atoms with E-state index in [4.69, 9.17) is 18.9 Å². The maximum absolute atomic E-state index is 13.0. The predicted molar refractivity (Wildman–Crippen MR) is 398 cm³/mol. The second kappa shape index (κ2) is 74.3. The van der Waals surface area contributed by atoms with E-state index in [0.717, 1.165) is 77.0 Å². The molecule has 93 heavy (non-hydrogen) atoms. The Labute approximate surface area is 576 Å². The van der Waals surface area contributed by atoms with Gasteiger partial charge in [0, 0.05) is 12.8 Å². The van der Waals surface area contributed by atoms with Crippen molar-refractivity contribution in [2.24, 2.45) is 0 Å². The summed E-state index contributed by atoms with van der Waals surface area (Å²) in [4.78, 5) is 37.6. The number of carbonyl (C=O) groups is 3. The third-order valence-electron chi connectivity index (χ3n) is 17.6. The highest BCUT2D eigenvalue weighted by atomic mass is 16.7. The van der Waals surface area contributed by atoms with Gasteiger partial charge in [0.05, 0.1) is 40.3 Å². The fourth-order valence-electron chi connectivity index (χ4n) is 11.6. The monoisotopic (exact) mass is 1300 g/mol. The van der Waals surface area contributed by atoms with Gasteiger partial charge in [-0.05, 0) is 89.9 Å². The summed E-state index contributed by atoms with van der Waals surface area (Å²) in [7, 11) is 5.94. The molecule has 0 N–H and O–H groups in total. The van der Waals surface area contributed by atoms with E-state index in [1.807, 2.05) is 21.1 Å². The molecule has 0 saturated carbocycles. The number of likely N-dealkylation sites (N-methyl/N-ethyl adjacent to an activating group) is 1. The molecule has 0 radical (unpaired) electrons. The van der Waals surface area contributed by atoms with Gasteiger partial charge in [-0.3, -0.25) is 9.59 Å². The number of hydrogen-bond acceptors (Lipinski definition) is 8. The third-order valence-corrected chi connectivity index (χ3v) is 17.6. The summed E-state index contributed by atoms with van der Waals surface area (Å²) in [6.45, 7) is 4.67. The smallest absolute Gasteiger partial charge is 0.306 e. The average Bonchev–Trinajstić information content (AvgIpc) is 3.38. The van der Waals surface area contributed by atoms with Crippen molar-refractivity contribution in [3.05, 3.63) is 85.1 Å². The van der Waals surface area contributed by atoms with E-state index in [0.29, 0.717) is 23.9 Å². The molecule has 0 aromatic heterocycles. The van der Waals surface area contributed by atoms with Crippen LogP contribution in [0.2, 0.25) is 0 Å². The molecule has 0 spiro atoms. The summed E-state index contributed by atoms with van der Waals surface area (Å²) in [5.41, 5.74) is 0. The van der Waals surface area contributed by atoms with Crippen LogP contribution in [0.1, 0.15) is 373 Å². The zero-order chi connectivity index (χ0) is 67.5. The molecule has 0 saturated heterocycles. The summed E-state index contributed by atoms with van der Waals surface area (Å²) in [6.07, 6.45) is 98.5. The first-order valence-corrected chi connectivity index (χ1v) is 39.7. The number of esters is 2. The molecule has 0 bridgehead atoms. The second-order valence-corrected chi connectivity index (χ2v) is 28.0. The lowest BCUT2D eigenvalue weighted by Gasteiger charge is -2.26. The van der Waals surface area contributed by atoms with E-state index >= 15 is 0 Å². The summed E-state index contributed by atoms with van der Waals surface area (Å²) in [5, 5.41) is 11.9. The van der Waals surface area contributed by atoms with E-state index in [1.54, 1.807) is 0 Å². The number of carboxylic acids is 1. The number of aliphatic carboxylic acids is 1. The van der Waals surface area contributed by atoms with Crippen LogP contribution >= 0.6 is 0 Å². The fraction of sp³-hybridized carbons (Fsp3) is 0.798. The molecule has 0 aliphatic rings. The first-order valence-electron chi connectivity index (χ1n) is 39.7. The normalized spacial score (nSPS) is 13.1. The van der Waals surface area contributed by atoms with Crippen LogP contribution in [0.5, 0.6) is 0 Å². The zero-order valence-corrected chi connectivity index (χ0v) is 61.9. The van der Waals surface area contributed by atoms with Crippen molar-refractivity contribution in [2.45, 2.75) is 386 Å². The maximum atomic E-state index is 13.0. The molecular formula is C84H151NO8. The third kappa shape index (κ3) is 75.7. The highest BCUT2D eigenvalue weighted by Gasteiger charge is 2.22. The second-order valence-electron chi connectivity index (χ2n) is 28.0. The highest BCUT2D eigenvalue weighted by Crippen LogP contribution is 2.19. The number of hydrogen-bond donors (Lipinski definition) is 0. The minimum Gasteiger partial charge on any atom is -0.545 e. The molecule has 2 unspecified atom stereocenters. The molecule has 9 heteroatoms. The molecule has 2 atom stereocenters. The van der Waals surface area contributed by atoms with Gasteiger partial charge in [-0.2, -0.15) is 0 Å². The van der Waals surface area contributed by atoms with Gasteiger partial charge in [-0.15, -0.1) is 0 Å². The molecule has 0 aromatic carbocycles. The molecular weight excluding hydrogens is 1150 g/mol. The number of nitrogens with zero attached hydrogens (tertiary/aromatic N) is 1. The molecule has 0 amide bonds. The Kier molecular flexibility index (Phi) is 71.4. The Bertz CT molecular complexity index is 1810. The number of unbranched alkanes of at least 4 members (excludes halogenated alkanes) is 45. The van der Waals surface area contributed by atoms with E-state index in [2.05, 4.69) is 98.9 Å². The van der Waals surface area contributed by atoms with Crippen molar-refractivity contribution < 1.29 is 42.9 Å². The average molecular weight is 1300 g/mol. The van der Waals surface area contributed by atoms with Crippen LogP contribution in [0.3, 0.4) is 0 Å². The SMILES string of the molecule is CC/C=C\C/C=C\C/C=C\C/C=C\CCCCCCCCCCCCCCCCC(=O)OC(COC(=O)CCCCCCCCCCCCCCCCCCCCCCCCCCCC/C=C\C/C=C\C/C=C\CCCCCCC)COC(OCC[N+](C)(C)C)C(=O)[O-]. The van der Waals surface area contributed by atoms with Crippen molar-refractivity contribution in [3.63, 3.8) is 0 Å². The lowest BCUT2D eigenvalue weighted by molar-refractivity contribution is -0.870. The summed E-state index contributed by atoms with van der Waals surface area (Å²) in [6, 6.07) is 0. The van der Waals surface area contributed by atoms with Crippen LogP contribution in [0.25, 0.3) is 0 Å². The molecule has 0 heterocycles. The van der Waals surface area contributed by atoms with Gasteiger partial charge in [-0.25, -0.2) is 0 Å². The van der Waals surface area contributed by atoms with Gasteiger partial charge in [0.2, 0.25) is 0 Å². The lowest BCUT2D eigenvalue weighted by Crippen LogP contribution is -2.44. The van der Waals surface area contributed by atoms with Crippen molar-refractivity contribution in [2.75, 3.05) is 47.5 Å². The first kappa shape index (κ1) is 89.5. The van der Waals surface area contributed by atoms with Gasteiger partial charge in [-0.1, -0.05) is 356 Å². The van der Waals surface area contributed by atoms with Crippen LogP contribution in [0.4, 0.5) is 0 Å². The Morgan fingerprint density at radius 1 is 0.333 bits per heavy atom. The topological polar surface area (TPSA) is 111 Å². The van der Waals surface area contributed by atoms with E-state index < -0.39 is 24.3 Å². The largest absolute Gasteiger partial charge is 0.545 e. The fourth-order valence-corrected chi connectivity index (χ4v) is 11.6. The number of rotatable bonds is 74. The van der Waals surface area contributed by atoms with Gasteiger partial charge in [0.1, 0.15) is 13.2 Å². The first-order chi connectivity index (χ1) is 45.6. The number of allylic oxidation sites excluding steroid dienone is 14. The van der Waals surface area contributed by atoms with Crippen LogP contribution in [0.15, 0.2) is 85.1 Å². The van der Waals surface area contributed by atoms with Crippen LogP contribution in [0, 0.1) is 0 Å². The maximum Gasteiger partial charge on any atom is 0.306 e. The minimum absolute atomic E-state index is 0.147. The minimum atomic E-state index is -1.62. The van der Waals surface area contributed by atoms with Crippen LogP contribution in [-0.2, 0) is 33.3 Å². The van der Waals surface area contributed by atoms with Crippen LogP contribution in [-0.4, -0.2) is 82.3 Å². The van der Waals surface area contributed by atoms with Gasteiger partial charge >= 0.3 is 11.9 Å². The van der Waals surface area contributed by atoms with Gasteiger partial charge < -0.3 is 33.3 Å². The van der Waals surface area contributed by atoms with Gasteiger partial charge in [0.25, 0.3) is 0 Å². The Hall–Kier alpha value is -3.53. The quantitative estimate of drug-likeness (QED) is 0.0195. The molecule has 0 rings (SSSR count). The molecule has 540 valence electrons. The van der Waals surface area contributed by atoms with E-state index in [1.165, 1.54) is 263 Å². The summed E-state index contributed by atoms with van der Waals surface area (Å²) in [5.74, 6) is -2.26. The Balaban J connectivity index is 3.95. The number of carboxylic acid groups (broad SMARTS) is 1. The summed E-state index contributed by atoms with van der Waals surface area (Å²) >= 11 is 0. The summed E-state index contributed by atoms with van der Waals surface area (Å²) < 4.78 is 22.9. The molecule has 9 nitrogen and oxygen atoms in total. The van der Waals surface area contributed by atoms with E-state index in [-0.39, 0.29) is 32.2 Å². The lowest BCUT2D eigenvalue weighted by atomic mass is 10.0. The predicted octanol–water partition coefficient (Wildman–Crippen LogP) is 24.0. The molecule has 0 aliphatic carbocycles. The van der Waals surface area contributed by atoms with Crippen molar-refractivity contribution in [3.8, 4) is 0 Å². The standard InChI is InChI=1S/C84H151NO8/c1-6-8-10-12-14-16-18-20-22-24-26-28-30-32-34-35-36-37-38-39-40-41-42-43-44-45-46-47-49-50-52-54-56-58-60-62-64-66-68-70-72-74-81(86)91-78-80(79-92-84(83(88)89)90-77-76-85(3,4)5)93-82(87)75-73-71-69-67-65-63-61-59-57-55-53-51-48-33-31-29-27-25-23-21-19-17-15-13-11-9-7-2/h9,11,15,17-18,20-21,23-24,26-27,29-30,32,80,84H,6-8,10,12-14,16,19,22,25,28,31,33-79H2,1-5H3/b11-9-,17-15-,20-18-,23-21-,26-24-,29-27-,32-30-. The van der Waals surface area contributed by atoms with E-state index in [9.17, 15) is 19.5 Å². The number of carbonyl (C=O) groups excluding carboxylic acids is 3. The van der Waals surface area contributed by atoms with Crippen molar-refractivity contribution >= 4 is 17.9 Å². The number of ether oxygens (including phenoxy) is 4. The Morgan fingerprint density at radius 3 is 0.914 bits per heavy atom. The van der Waals surface area contributed by atoms with Gasteiger partial charge in [0.15, 0.2) is 12.4 Å².